The Morgan fingerprint density at radius 1 is 1.11 bits per heavy atom. The van der Waals surface area contributed by atoms with E-state index in [1.54, 1.807) is 30.3 Å². The Morgan fingerprint density at radius 2 is 1.81 bits per heavy atom. The van der Waals surface area contributed by atoms with Gasteiger partial charge in [0.25, 0.3) is 11.5 Å². The third-order valence-electron chi connectivity index (χ3n) is 4.14. The number of hydrogen-bond acceptors (Lipinski definition) is 5. The number of anilines is 1. The Balaban J connectivity index is 1.75. The molecule has 0 unspecified atom stereocenters. The molecule has 7 nitrogen and oxygen atoms in total. The minimum atomic E-state index is -0.766. The molecule has 0 fully saturated rings. The zero-order chi connectivity index (χ0) is 19.6. The molecule has 0 saturated heterocycles. The summed E-state index contributed by atoms with van der Waals surface area (Å²) in [5.74, 6) is -1.22. The molecule has 2 aromatic carbocycles. The number of hydrogen-bond donors (Lipinski definition) is 1. The number of rotatable bonds is 4. The van der Waals surface area contributed by atoms with Crippen LogP contribution in [0.4, 0.5) is 5.69 Å². The first-order chi connectivity index (χ1) is 12.9. The maximum atomic E-state index is 12.4. The van der Waals surface area contributed by atoms with Crippen molar-refractivity contribution in [2.75, 3.05) is 11.9 Å². The van der Waals surface area contributed by atoms with Crippen molar-refractivity contribution < 1.29 is 14.3 Å². The number of benzene rings is 2. The fourth-order valence-corrected chi connectivity index (χ4v) is 2.79. The Kier molecular flexibility index (Phi) is 5.03. The molecule has 0 atom stereocenters. The summed E-state index contributed by atoms with van der Waals surface area (Å²) in [5.41, 5.74) is 2.35. The SMILES string of the molecule is Cc1ccc(NC(=O)COC(=O)c2nn(C)c(=O)c3ccccc23)c(C)c1. The average Bonchev–Trinajstić information content (AvgIpc) is 2.65. The van der Waals surface area contributed by atoms with Crippen molar-refractivity contribution in [3.8, 4) is 0 Å². The third-order valence-corrected chi connectivity index (χ3v) is 4.14. The number of carbonyl (C=O) groups is 2. The predicted octanol–water partition coefficient (Wildman–Crippen LogP) is 2.35. The van der Waals surface area contributed by atoms with Gasteiger partial charge < -0.3 is 10.1 Å². The van der Waals surface area contributed by atoms with Gasteiger partial charge in [0, 0.05) is 18.1 Å². The number of aromatic nitrogens is 2. The summed E-state index contributed by atoms with van der Waals surface area (Å²) < 4.78 is 6.18. The molecule has 3 rings (SSSR count). The fraction of sp³-hybridized carbons (Fsp3) is 0.200. The summed E-state index contributed by atoms with van der Waals surface area (Å²) in [6, 6.07) is 12.3. The van der Waals surface area contributed by atoms with E-state index >= 15 is 0 Å². The monoisotopic (exact) mass is 365 g/mol. The van der Waals surface area contributed by atoms with Gasteiger partial charge in [-0.3, -0.25) is 9.59 Å². The van der Waals surface area contributed by atoms with Crippen LogP contribution in [0.3, 0.4) is 0 Å². The molecule has 1 aromatic heterocycles. The van der Waals surface area contributed by atoms with E-state index in [1.165, 1.54) is 7.05 Å². The summed E-state index contributed by atoms with van der Waals surface area (Å²) in [6.07, 6.45) is 0. The molecule has 0 spiro atoms. The van der Waals surface area contributed by atoms with E-state index in [0.29, 0.717) is 16.5 Å². The highest BCUT2D eigenvalue weighted by Crippen LogP contribution is 2.16. The molecule has 1 amide bonds. The van der Waals surface area contributed by atoms with Gasteiger partial charge in [-0.15, -0.1) is 0 Å². The van der Waals surface area contributed by atoms with Crippen molar-refractivity contribution in [2.45, 2.75) is 13.8 Å². The average molecular weight is 365 g/mol. The van der Waals surface area contributed by atoms with Crippen LogP contribution in [-0.4, -0.2) is 28.3 Å². The summed E-state index contributed by atoms with van der Waals surface area (Å²) in [7, 11) is 1.46. The van der Waals surface area contributed by atoms with Crippen molar-refractivity contribution in [1.82, 2.24) is 9.78 Å². The highest BCUT2D eigenvalue weighted by molar-refractivity contribution is 6.03. The molecule has 1 heterocycles. The van der Waals surface area contributed by atoms with Crippen molar-refractivity contribution in [1.29, 1.82) is 0 Å². The third kappa shape index (κ3) is 3.87. The van der Waals surface area contributed by atoms with Gasteiger partial charge in [-0.2, -0.15) is 5.10 Å². The quantitative estimate of drug-likeness (QED) is 0.717. The van der Waals surface area contributed by atoms with Gasteiger partial charge in [-0.05, 0) is 31.5 Å². The molecule has 0 bridgehead atoms. The zero-order valence-electron chi connectivity index (χ0n) is 15.3. The van der Waals surface area contributed by atoms with E-state index in [1.807, 2.05) is 26.0 Å². The van der Waals surface area contributed by atoms with Gasteiger partial charge >= 0.3 is 5.97 Å². The summed E-state index contributed by atoms with van der Waals surface area (Å²) in [6.45, 7) is 3.39. The molecule has 0 aliphatic heterocycles. The molecule has 138 valence electrons. The smallest absolute Gasteiger partial charge is 0.359 e. The van der Waals surface area contributed by atoms with Crippen molar-refractivity contribution in [3.05, 3.63) is 69.6 Å². The number of amides is 1. The highest BCUT2D eigenvalue weighted by atomic mass is 16.5. The van der Waals surface area contributed by atoms with Crippen molar-refractivity contribution >= 4 is 28.3 Å². The van der Waals surface area contributed by atoms with Gasteiger partial charge in [0.15, 0.2) is 12.3 Å². The molecule has 0 aliphatic rings. The van der Waals surface area contributed by atoms with Crippen LogP contribution in [-0.2, 0) is 16.6 Å². The lowest BCUT2D eigenvalue weighted by Gasteiger charge is -2.10. The second kappa shape index (κ2) is 7.41. The normalized spacial score (nSPS) is 10.6. The number of fused-ring (bicyclic) bond motifs is 1. The molecular weight excluding hydrogens is 346 g/mol. The number of nitrogens with zero attached hydrogens (tertiary/aromatic N) is 2. The summed E-state index contributed by atoms with van der Waals surface area (Å²) in [5, 5.41) is 7.45. The number of esters is 1. The largest absolute Gasteiger partial charge is 0.451 e. The second-order valence-corrected chi connectivity index (χ2v) is 6.27. The molecule has 3 aromatic rings. The van der Waals surface area contributed by atoms with Crippen LogP contribution in [0.25, 0.3) is 10.8 Å². The van der Waals surface area contributed by atoms with Crippen LogP contribution < -0.4 is 10.9 Å². The summed E-state index contributed by atoms with van der Waals surface area (Å²) >= 11 is 0. The predicted molar refractivity (Wildman–Crippen MR) is 102 cm³/mol. The Hall–Kier alpha value is -3.48. The zero-order valence-corrected chi connectivity index (χ0v) is 15.3. The van der Waals surface area contributed by atoms with Gasteiger partial charge in [-0.1, -0.05) is 35.9 Å². The Labute approximate surface area is 155 Å². The lowest BCUT2D eigenvalue weighted by atomic mass is 10.1. The molecular formula is C20H19N3O4. The maximum absolute atomic E-state index is 12.4. The molecule has 0 radical (unpaired) electrons. The number of nitrogens with one attached hydrogen (secondary N) is 1. The van der Waals surface area contributed by atoms with E-state index in [2.05, 4.69) is 10.4 Å². The standard InChI is InChI=1S/C20H19N3O4/c1-12-8-9-16(13(2)10-12)21-17(24)11-27-20(26)18-14-6-4-5-7-15(14)19(25)23(3)22-18/h4-10H,11H2,1-3H3,(H,21,24). The minimum Gasteiger partial charge on any atom is -0.451 e. The van der Waals surface area contributed by atoms with E-state index in [0.717, 1.165) is 15.8 Å². The lowest BCUT2D eigenvalue weighted by molar-refractivity contribution is -0.119. The first-order valence-electron chi connectivity index (χ1n) is 8.37. The van der Waals surface area contributed by atoms with Gasteiger partial charge in [0.2, 0.25) is 0 Å². The Bertz CT molecular complexity index is 1100. The van der Waals surface area contributed by atoms with Crippen LogP contribution in [0.15, 0.2) is 47.3 Å². The van der Waals surface area contributed by atoms with Crippen LogP contribution >= 0.6 is 0 Å². The maximum Gasteiger partial charge on any atom is 0.359 e. The first-order valence-corrected chi connectivity index (χ1v) is 8.37. The van der Waals surface area contributed by atoms with Crippen LogP contribution in [0.1, 0.15) is 21.6 Å². The highest BCUT2D eigenvalue weighted by Gasteiger charge is 2.18. The van der Waals surface area contributed by atoms with E-state index in [4.69, 9.17) is 4.74 Å². The molecule has 0 aliphatic carbocycles. The minimum absolute atomic E-state index is 0.00739. The van der Waals surface area contributed by atoms with Gasteiger partial charge in [-0.25, -0.2) is 9.48 Å². The van der Waals surface area contributed by atoms with E-state index in [9.17, 15) is 14.4 Å². The molecule has 0 saturated carbocycles. The van der Waals surface area contributed by atoms with Crippen molar-refractivity contribution in [2.24, 2.45) is 7.05 Å². The number of aryl methyl sites for hydroxylation is 3. The van der Waals surface area contributed by atoms with Gasteiger partial charge in [0.05, 0.1) is 5.39 Å². The van der Waals surface area contributed by atoms with Crippen molar-refractivity contribution in [3.63, 3.8) is 0 Å². The Morgan fingerprint density at radius 3 is 2.52 bits per heavy atom. The fourth-order valence-electron chi connectivity index (χ4n) is 2.79. The van der Waals surface area contributed by atoms with Crippen LogP contribution in [0, 0.1) is 13.8 Å². The molecule has 27 heavy (non-hydrogen) atoms. The van der Waals surface area contributed by atoms with Crippen LogP contribution in [0.5, 0.6) is 0 Å². The van der Waals surface area contributed by atoms with E-state index in [-0.39, 0.29) is 11.3 Å². The van der Waals surface area contributed by atoms with Gasteiger partial charge in [0.1, 0.15) is 0 Å². The lowest BCUT2D eigenvalue weighted by Crippen LogP contribution is -2.26. The van der Waals surface area contributed by atoms with Crippen LogP contribution in [0.2, 0.25) is 0 Å². The number of carbonyl (C=O) groups excluding carboxylic acids is 2. The molecule has 7 heteroatoms. The first kappa shape index (κ1) is 18.3. The van der Waals surface area contributed by atoms with E-state index < -0.39 is 18.5 Å². The second-order valence-electron chi connectivity index (χ2n) is 6.27. The topological polar surface area (TPSA) is 90.3 Å². The molecule has 1 N–H and O–H groups in total. The number of ether oxygens (including phenoxy) is 1. The summed E-state index contributed by atoms with van der Waals surface area (Å²) in [4.78, 5) is 36.6.